The molecule has 4 N–H and O–H groups in total. The second kappa shape index (κ2) is 6.96. The third kappa shape index (κ3) is 3.75. The van der Waals surface area contributed by atoms with Crippen LogP contribution in [0.4, 0.5) is 16.2 Å². The maximum atomic E-state index is 14.5. The van der Waals surface area contributed by atoms with E-state index >= 15 is 0 Å². The van der Waals surface area contributed by atoms with Crippen LogP contribution in [-0.4, -0.2) is 19.9 Å². The molecule has 1 aliphatic carbocycles. The van der Waals surface area contributed by atoms with Crippen LogP contribution in [0.25, 0.3) is 0 Å². The minimum atomic E-state index is -0.475. The normalized spacial score (nSPS) is 18.7. The Morgan fingerprint density at radius 3 is 2.52 bits per heavy atom. The Bertz CT molecular complexity index is 958. The fraction of sp³-hybridized carbons (Fsp3) is 0.222. The molecular weight excluding hydrogens is 371 g/mol. The molecule has 0 aliphatic heterocycles. The number of hydrogen-bond acceptors (Lipinski definition) is 7. The van der Waals surface area contributed by atoms with Crippen LogP contribution < -0.4 is 16.2 Å². The molecule has 1 fully saturated rings. The zero-order valence-electron chi connectivity index (χ0n) is 14.1. The summed E-state index contributed by atoms with van der Waals surface area (Å²) < 4.78 is 19.9. The van der Waals surface area contributed by atoms with Gasteiger partial charge in [0.1, 0.15) is 11.0 Å². The molecule has 4 rings (SSSR count). The number of nitrogens with zero attached hydrogens (tertiary/aromatic N) is 4. The van der Waals surface area contributed by atoms with E-state index in [1.807, 2.05) is 6.07 Å². The minimum Gasteiger partial charge on any atom is -0.436 e. The Morgan fingerprint density at radius 1 is 1.04 bits per heavy atom. The van der Waals surface area contributed by atoms with Crippen molar-refractivity contribution in [3.63, 3.8) is 0 Å². The van der Waals surface area contributed by atoms with Gasteiger partial charge < -0.3 is 16.2 Å². The number of nitrogen functional groups attached to an aromatic ring is 2. The van der Waals surface area contributed by atoms with Gasteiger partial charge in [-0.2, -0.15) is 4.98 Å². The van der Waals surface area contributed by atoms with Gasteiger partial charge in [0.2, 0.25) is 11.8 Å². The lowest BCUT2D eigenvalue weighted by Crippen LogP contribution is -2.21. The fourth-order valence-electron chi connectivity index (χ4n) is 3.12. The van der Waals surface area contributed by atoms with E-state index < -0.39 is 5.82 Å². The predicted molar refractivity (Wildman–Crippen MR) is 99.1 cm³/mol. The third-order valence-corrected chi connectivity index (χ3v) is 4.77. The first-order valence-corrected chi connectivity index (χ1v) is 8.70. The number of aromatic nitrogens is 4. The molecule has 0 radical (unpaired) electrons. The zero-order chi connectivity index (χ0) is 19.0. The summed E-state index contributed by atoms with van der Waals surface area (Å²) >= 11 is 5.80. The van der Waals surface area contributed by atoms with Gasteiger partial charge in [0.25, 0.3) is 0 Å². The zero-order valence-corrected chi connectivity index (χ0v) is 14.9. The lowest BCUT2D eigenvalue weighted by Gasteiger charge is -2.35. The van der Waals surface area contributed by atoms with E-state index in [1.165, 1.54) is 12.1 Å². The van der Waals surface area contributed by atoms with Crippen molar-refractivity contribution in [1.82, 2.24) is 19.9 Å². The molecule has 0 amide bonds. The van der Waals surface area contributed by atoms with Crippen molar-refractivity contribution in [2.75, 3.05) is 11.5 Å². The number of nitrogens with two attached hydrogens (primary N) is 2. The summed E-state index contributed by atoms with van der Waals surface area (Å²) in [4.78, 5) is 16.0. The van der Waals surface area contributed by atoms with Crippen LogP contribution in [0, 0.1) is 5.82 Å². The van der Waals surface area contributed by atoms with Gasteiger partial charge in [-0.1, -0.05) is 17.7 Å². The molecular formula is C18H16ClFN6O. The summed E-state index contributed by atoms with van der Waals surface area (Å²) in [7, 11) is 0. The van der Waals surface area contributed by atoms with Crippen LogP contribution in [0.3, 0.4) is 0 Å². The highest BCUT2D eigenvalue weighted by Gasteiger charge is 2.33. The smallest absolute Gasteiger partial charge is 0.225 e. The van der Waals surface area contributed by atoms with E-state index in [2.05, 4.69) is 19.9 Å². The van der Waals surface area contributed by atoms with Gasteiger partial charge in [-0.15, -0.1) is 0 Å². The quantitative estimate of drug-likeness (QED) is 0.657. The van der Waals surface area contributed by atoms with Crippen LogP contribution >= 0.6 is 11.6 Å². The molecule has 0 atom stereocenters. The van der Waals surface area contributed by atoms with Gasteiger partial charge in [0.15, 0.2) is 11.6 Å². The maximum Gasteiger partial charge on any atom is 0.225 e. The molecule has 1 saturated carbocycles. The van der Waals surface area contributed by atoms with E-state index in [-0.39, 0.29) is 28.6 Å². The van der Waals surface area contributed by atoms with Crippen molar-refractivity contribution in [1.29, 1.82) is 0 Å². The minimum absolute atomic E-state index is 0.0409. The summed E-state index contributed by atoms with van der Waals surface area (Å²) in [6, 6.07) is 6.28. The molecule has 0 spiro atoms. The summed E-state index contributed by atoms with van der Waals surface area (Å²) in [5.74, 6) is 0.601. The Morgan fingerprint density at radius 2 is 1.85 bits per heavy atom. The maximum absolute atomic E-state index is 14.5. The molecule has 3 aromatic rings. The molecule has 27 heavy (non-hydrogen) atoms. The van der Waals surface area contributed by atoms with Crippen molar-refractivity contribution < 1.29 is 9.13 Å². The van der Waals surface area contributed by atoms with Gasteiger partial charge in [-0.05, 0) is 36.5 Å². The Kier molecular flexibility index (Phi) is 4.49. The second-order valence-corrected chi connectivity index (χ2v) is 6.80. The highest BCUT2D eigenvalue weighted by atomic mass is 35.5. The van der Waals surface area contributed by atoms with Crippen molar-refractivity contribution in [2.24, 2.45) is 0 Å². The van der Waals surface area contributed by atoms with Crippen LogP contribution in [0.1, 0.15) is 35.9 Å². The molecule has 0 saturated heterocycles. The number of benzene rings is 1. The van der Waals surface area contributed by atoms with Gasteiger partial charge in [0.05, 0.1) is 18.1 Å². The Hall–Kier alpha value is -3.00. The van der Waals surface area contributed by atoms with Gasteiger partial charge >= 0.3 is 0 Å². The van der Waals surface area contributed by atoms with Crippen molar-refractivity contribution in [2.45, 2.75) is 24.7 Å². The highest BCUT2D eigenvalue weighted by molar-refractivity contribution is 6.29. The van der Waals surface area contributed by atoms with E-state index in [9.17, 15) is 4.39 Å². The first-order valence-electron chi connectivity index (χ1n) is 8.32. The molecule has 2 heterocycles. The number of halogens is 2. The topological polar surface area (TPSA) is 113 Å². The van der Waals surface area contributed by atoms with Crippen LogP contribution in [0.2, 0.25) is 5.15 Å². The van der Waals surface area contributed by atoms with E-state index in [4.69, 9.17) is 27.8 Å². The molecule has 7 nitrogen and oxygen atoms in total. The summed E-state index contributed by atoms with van der Waals surface area (Å²) in [6.45, 7) is 0. The Labute approximate surface area is 159 Å². The van der Waals surface area contributed by atoms with Crippen LogP contribution in [-0.2, 0) is 0 Å². The van der Waals surface area contributed by atoms with E-state index in [0.29, 0.717) is 11.7 Å². The predicted octanol–water partition coefficient (Wildman–Crippen LogP) is 3.68. The van der Waals surface area contributed by atoms with Crippen LogP contribution in [0.5, 0.6) is 11.6 Å². The average Bonchev–Trinajstić information content (AvgIpc) is 2.57. The number of ether oxygens (including phenoxy) is 1. The van der Waals surface area contributed by atoms with Crippen molar-refractivity contribution in [3.8, 4) is 11.6 Å². The van der Waals surface area contributed by atoms with E-state index in [0.717, 1.165) is 24.1 Å². The molecule has 2 aromatic heterocycles. The SMILES string of the molecule is Nc1cnc(C2CC(c3ccc(Oc4cc(Cl)nc(N)n4)c(F)c3)C2)cn1. The molecule has 0 unspecified atom stereocenters. The first kappa shape index (κ1) is 17.4. The Balaban J connectivity index is 1.44. The van der Waals surface area contributed by atoms with E-state index in [1.54, 1.807) is 18.5 Å². The first-order chi connectivity index (χ1) is 13.0. The number of anilines is 2. The summed E-state index contributed by atoms with van der Waals surface area (Å²) in [5.41, 5.74) is 12.9. The lowest BCUT2D eigenvalue weighted by atomic mass is 9.70. The van der Waals surface area contributed by atoms with Gasteiger partial charge in [0, 0.05) is 12.0 Å². The summed E-state index contributed by atoms with van der Waals surface area (Å²) in [6.07, 6.45) is 5.03. The number of rotatable bonds is 4. The highest BCUT2D eigenvalue weighted by Crippen LogP contribution is 2.47. The molecule has 9 heteroatoms. The lowest BCUT2D eigenvalue weighted by molar-refractivity contribution is 0.342. The largest absolute Gasteiger partial charge is 0.436 e. The average molecular weight is 387 g/mol. The fourth-order valence-corrected chi connectivity index (χ4v) is 3.30. The second-order valence-electron chi connectivity index (χ2n) is 6.41. The standard InChI is InChI=1S/C18H16ClFN6O/c19-15-6-17(26-18(22)25-15)27-14-2-1-9(5-12(14)20)10-3-11(4-10)13-7-24-16(21)8-23-13/h1-2,5-8,10-11H,3-4H2,(H2,21,24)(H2,22,25,26). The molecule has 1 aromatic carbocycles. The van der Waals surface area contributed by atoms with Crippen LogP contribution in [0.15, 0.2) is 36.7 Å². The van der Waals surface area contributed by atoms with Crippen molar-refractivity contribution >= 4 is 23.4 Å². The molecule has 138 valence electrons. The summed E-state index contributed by atoms with van der Waals surface area (Å²) in [5, 5.41) is 0.126. The molecule has 0 bridgehead atoms. The monoisotopic (exact) mass is 386 g/mol. The third-order valence-electron chi connectivity index (χ3n) is 4.58. The van der Waals surface area contributed by atoms with Gasteiger partial charge in [-0.25, -0.2) is 14.4 Å². The number of hydrogen-bond donors (Lipinski definition) is 2. The molecule has 1 aliphatic rings. The van der Waals surface area contributed by atoms with Gasteiger partial charge in [-0.3, -0.25) is 4.98 Å². The van der Waals surface area contributed by atoms with Crippen molar-refractivity contribution in [3.05, 3.63) is 58.9 Å².